The number of hydrogen-bond acceptors (Lipinski definition) is 5. The number of H-pyrrole nitrogens is 1. The lowest BCUT2D eigenvalue weighted by molar-refractivity contribution is 0.357. The second-order valence-electron chi connectivity index (χ2n) is 7.24. The van der Waals surface area contributed by atoms with Crippen molar-refractivity contribution in [2.75, 3.05) is 7.11 Å². The van der Waals surface area contributed by atoms with Gasteiger partial charge in [0.25, 0.3) is 5.56 Å². The molecule has 2 aromatic carbocycles. The Morgan fingerprint density at radius 2 is 1.81 bits per heavy atom. The minimum Gasteiger partial charge on any atom is -0.497 e. The van der Waals surface area contributed by atoms with E-state index in [4.69, 9.17) is 9.15 Å². The molecule has 0 unspecified atom stereocenters. The van der Waals surface area contributed by atoms with Crippen LogP contribution in [-0.2, 0) is 23.1 Å². The van der Waals surface area contributed by atoms with Gasteiger partial charge in [0.2, 0.25) is 10.0 Å². The zero-order valence-electron chi connectivity index (χ0n) is 17.2. The summed E-state index contributed by atoms with van der Waals surface area (Å²) >= 11 is 0. The van der Waals surface area contributed by atoms with Gasteiger partial charge in [-0.1, -0.05) is 17.7 Å². The number of ether oxygens (including phenoxy) is 1. The quantitative estimate of drug-likeness (QED) is 0.473. The van der Waals surface area contributed by atoms with Gasteiger partial charge in [0, 0.05) is 18.2 Å². The number of aromatic amines is 1. The molecule has 0 bridgehead atoms. The second kappa shape index (κ2) is 8.41. The van der Waals surface area contributed by atoms with Gasteiger partial charge in [-0.2, -0.15) is 4.31 Å². The number of aryl methyl sites for hydroxylation is 1. The van der Waals surface area contributed by atoms with Crippen molar-refractivity contribution in [2.45, 2.75) is 24.9 Å². The Labute approximate surface area is 179 Å². The van der Waals surface area contributed by atoms with Gasteiger partial charge in [-0.25, -0.2) is 8.42 Å². The molecule has 2 heterocycles. The normalized spacial score (nSPS) is 11.8. The van der Waals surface area contributed by atoms with Crippen LogP contribution in [0.1, 0.15) is 16.9 Å². The number of nitrogens with zero attached hydrogens (tertiary/aromatic N) is 1. The SMILES string of the molecule is COc1ccc2cc(CN(Cc3ccco3)S(=O)(=O)c3ccc(C)cc3)c(=O)[nH]c2c1. The Morgan fingerprint density at radius 1 is 1.03 bits per heavy atom. The number of furan rings is 1. The van der Waals surface area contributed by atoms with Gasteiger partial charge in [0.1, 0.15) is 11.5 Å². The van der Waals surface area contributed by atoms with Crippen molar-refractivity contribution in [3.05, 3.63) is 94.2 Å². The van der Waals surface area contributed by atoms with Crippen LogP contribution in [0.4, 0.5) is 0 Å². The van der Waals surface area contributed by atoms with Crippen LogP contribution < -0.4 is 10.3 Å². The second-order valence-corrected chi connectivity index (χ2v) is 9.18. The molecule has 0 atom stereocenters. The first-order valence-electron chi connectivity index (χ1n) is 9.66. The smallest absolute Gasteiger partial charge is 0.252 e. The molecule has 8 heteroatoms. The Kier molecular flexibility index (Phi) is 5.67. The number of methoxy groups -OCH3 is 1. The average molecular weight is 439 g/mol. The van der Waals surface area contributed by atoms with Crippen LogP contribution in [-0.4, -0.2) is 24.8 Å². The molecule has 0 saturated heterocycles. The highest BCUT2D eigenvalue weighted by Crippen LogP contribution is 2.23. The van der Waals surface area contributed by atoms with E-state index >= 15 is 0 Å². The molecule has 0 saturated carbocycles. The zero-order chi connectivity index (χ0) is 22.0. The molecule has 0 aliphatic carbocycles. The molecule has 7 nitrogen and oxygen atoms in total. The number of rotatable bonds is 7. The summed E-state index contributed by atoms with van der Waals surface area (Å²) in [5, 5.41) is 0.779. The molecule has 2 aromatic heterocycles. The zero-order valence-corrected chi connectivity index (χ0v) is 18.0. The van der Waals surface area contributed by atoms with E-state index < -0.39 is 10.0 Å². The van der Waals surface area contributed by atoms with Gasteiger partial charge >= 0.3 is 0 Å². The standard InChI is InChI=1S/C23H22N2O5S/c1-16-5-9-21(10-6-16)31(27,28)25(15-20-4-3-11-30-20)14-18-12-17-7-8-19(29-2)13-22(17)24-23(18)26/h3-13H,14-15H2,1-2H3,(H,24,26). The topological polar surface area (TPSA) is 92.6 Å². The first-order chi connectivity index (χ1) is 14.9. The third-order valence-corrected chi connectivity index (χ3v) is 6.85. The summed E-state index contributed by atoms with van der Waals surface area (Å²) in [5.74, 6) is 1.11. The van der Waals surface area contributed by atoms with Crippen LogP contribution in [0.3, 0.4) is 0 Å². The molecule has 0 fully saturated rings. The number of benzene rings is 2. The molecule has 0 aliphatic heterocycles. The summed E-state index contributed by atoms with van der Waals surface area (Å²) in [4.78, 5) is 15.7. The van der Waals surface area contributed by atoms with E-state index in [9.17, 15) is 13.2 Å². The van der Waals surface area contributed by atoms with Crippen LogP contribution in [0.25, 0.3) is 10.9 Å². The van der Waals surface area contributed by atoms with Crippen molar-refractivity contribution in [1.29, 1.82) is 0 Å². The van der Waals surface area contributed by atoms with Gasteiger partial charge in [0.05, 0.1) is 30.3 Å². The first kappa shape index (κ1) is 20.9. The van der Waals surface area contributed by atoms with E-state index in [0.29, 0.717) is 22.6 Å². The monoisotopic (exact) mass is 438 g/mol. The van der Waals surface area contributed by atoms with Gasteiger partial charge < -0.3 is 14.1 Å². The third kappa shape index (κ3) is 4.40. The van der Waals surface area contributed by atoms with Crippen LogP contribution in [0.15, 0.2) is 81.0 Å². The number of pyridine rings is 1. The molecular weight excluding hydrogens is 416 g/mol. The minimum absolute atomic E-state index is 0.00327. The fourth-order valence-electron chi connectivity index (χ4n) is 3.32. The summed E-state index contributed by atoms with van der Waals surface area (Å²) in [6.45, 7) is 1.79. The van der Waals surface area contributed by atoms with Crippen molar-refractivity contribution in [3.63, 3.8) is 0 Å². The highest BCUT2D eigenvalue weighted by molar-refractivity contribution is 7.89. The summed E-state index contributed by atoms with van der Waals surface area (Å²) < 4.78 is 38.6. The number of hydrogen-bond donors (Lipinski definition) is 1. The Bertz CT molecular complexity index is 1360. The number of fused-ring (bicyclic) bond motifs is 1. The predicted octanol–water partition coefficient (Wildman–Crippen LogP) is 3.83. The summed E-state index contributed by atoms with van der Waals surface area (Å²) in [7, 11) is -2.32. The van der Waals surface area contributed by atoms with Crippen molar-refractivity contribution in [2.24, 2.45) is 0 Å². The maximum Gasteiger partial charge on any atom is 0.252 e. The number of sulfonamides is 1. The van der Waals surface area contributed by atoms with Crippen LogP contribution in [0, 0.1) is 6.92 Å². The lowest BCUT2D eigenvalue weighted by Gasteiger charge is -2.21. The van der Waals surface area contributed by atoms with Crippen molar-refractivity contribution >= 4 is 20.9 Å². The van der Waals surface area contributed by atoms with Gasteiger partial charge in [-0.05, 0) is 54.8 Å². The van der Waals surface area contributed by atoms with Gasteiger partial charge in [0.15, 0.2) is 0 Å². The molecule has 31 heavy (non-hydrogen) atoms. The van der Waals surface area contributed by atoms with E-state index in [0.717, 1.165) is 10.9 Å². The number of aromatic nitrogens is 1. The van der Waals surface area contributed by atoms with E-state index in [1.165, 1.54) is 10.6 Å². The van der Waals surface area contributed by atoms with Crippen LogP contribution >= 0.6 is 0 Å². The molecule has 0 radical (unpaired) electrons. The van der Waals surface area contributed by atoms with Gasteiger partial charge in [-0.3, -0.25) is 4.79 Å². The molecule has 4 aromatic rings. The van der Waals surface area contributed by atoms with Crippen molar-refractivity contribution in [3.8, 4) is 5.75 Å². The summed E-state index contributed by atoms with van der Waals surface area (Å²) in [6, 6.07) is 17.1. The predicted molar refractivity (Wildman–Crippen MR) is 117 cm³/mol. The lowest BCUT2D eigenvalue weighted by atomic mass is 10.1. The molecule has 4 rings (SSSR count). The number of nitrogens with one attached hydrogen (secondary N) is 1. The lowest BCUT2D eigenvalue weighted by Crippen LogP contribution is -2.32. The van der Waals surface area contributed by atoms with E-state index in [1.807, 2.05) is 13.0 Å². The Morgan fingerprint density at radius 3 is 2.48 bits per heavy atom. The maximum atomic E-state index is 13.4. The third-order valence-electron chi connectivity index (χ3n) is 5.05. The molecule has 1 N–H and O–H groups in total. The molecule has 0 amide bonds. The summed E-state index contributed by atoms with van der Waals surface area (Å²) in [6.07, 6.45) is 1.49. The fraction of sp³-hybridized carbons (Fsp3) is 0.174. The molecule has 160 valence electrons. The van der Waals surface area contributed by atoms with Crippen LogP contribution in [0.2, 0.25) is 0 Å². The highest BCUT2D eigenvalue weighted by Gasteiger charge is 2.26. The summed E-state index contributed by atoms with van der Waals surface area (Å²) in [5.41, 5.74) is 1.55. The molecule has 0 aliphatic rings. The first-order valence-corrected chi connectivity index (χ1v) is 11.1. The van der Waals surface area contributed by atoms with E-state index in [1.54, 1.807) is 61.7 Å². The van der Waals surface area contributed by atoms with Gasteiger partial charge in [-0.15, -0.1) is 0 Å². The van der Waals surface area contributed by atoms with E-state index in [-0.39, 0.29) is 23.5 Å². The van der Waals surface area contributed by atoms with Crippen molar-refractivity contribution < 1.29 is 17.6 Å². The fourth-order valence-corrected chi connectivity index (χ4v) is 4.71. The van der Waals surface area contributed by atoms with E-state index in [2.05, 4.69) is 4.98 Å². The average Bonchev–Trinajstić information content (AvgIpc) is 3.27. The molecule has 0 spiro atoms. The highest BCUT2D eigenvalue weighted by atomic mass is 32.2. The van der Waals surface area contributed by atoms with Crippen molar-refractivity contribution in [1.82, 2.24) is 9.29 Å². The largest absolute Gasteiger partial charge is 0.497 e. The Balaban J connectivity index is 1.75. The van der Waals surface area contributed by atoms with Crippen LogP contribution in [0.5, 0.6) is 5.75 Å². The minimum atomic E-state index is -3.87. The Hall–Kier alpha value is -3.36. The maximum absolute atomic E-state index is 13.4. The molecular formula is C23H22N2O5S.